The van der Waals surface area contributed by atoms with Gasteiger partial charge in [0.05, 0.1) is 7.11 Å². The highest BCUT2D eigenvalue weighted by Gasteiger charge is 2.18. The second kappa shape index (κ2) is 7.71. The van der Waals surface area contributed by atoms with E-state index in [1.54, 1.807) is 26.2 Å². The van der Waals surface area contributed by atoms with E-state index in [0.717, 1.165) is 0 Å². The molecule has 0 heterocycles. The smallest absolute Gasteiger partial charge is 0.344 e. The van der Waals surface area contributed by atoms with Crippen LogP contribution in [0.4, 0.5) is 0 Å². The molecule has 0 atom stereocenters. The molecule has 0 saturated heterocycles. The van der Waals surface area contributed by atoms with Gasteiger partial charge in [-0.05, 0) is 39.0 Å². The molecule has 0 aliphatic rings. The first-order valence-electron chi connectivity index (χ1n) is 6.40. The fourth-order valence-corrected chi connectivity index (χ4v) is 1.85. The van der Waals surface area contributed by atoms with E-state index in [1.165, 1.54) is 25.3 Å². The number of methoxy groups -OCH3 is 1. The summed E-state index contributed by atoms with van der Waals surface area (Å²) in [6.45, 7) is 5.02. The highest BCUT2D eigenvalue weighted by atomic mass is 32.2. The Morgan fingerprint density at radius 2 is 1.95 bits per heavy atom. The number of hydrogen-bond acceptors (Lipinski definition) is 7. The molecule has 0 fully saturated rings. The highest BCUT2D eigenvalue weighted by Crippen LogP contribution is 2.29. The number of esters is 1. The van der Waals surface area contributed by atoms with E-state index in [1.807, 2.05) is 0 Å². The maximum absolute atomic E-state index is 11.6. The van der Waals surface area contributed by atoms with Crippen LogP contribution in [0, 0.1) is 10.7 Å². The molecule has 0 amide bonds. The van der Waals surface area contributed by atoms with E-state index in [0.29, 0.717) is 28.8 Å². The van der Waals surface area contributed by atoms with Crippen LogP contribution in [0.5, 0.6) is 11.5 Å². The Morgan fingerprint density at radius 1 is 1.27 bits per heavy atom. The molecule has 0 aromatic heterocycles. The van der Waals surface area contributed by atoms with Crippen molar-refractivity contribution >= 4 is 22.8 Å². The molecule has 0 N–H and O–H groups in total. The third kappa shape index (κ3) is 5.66. The Bertz CT molecular complexity index is 601. The number of benzene rings is 1. The normalized spacial score (nSPS) is 10.5. The highest BCUT2D eigenvalue weighted by molar-refractivity contribution is 8.18. The van der Waals surface area contributed by atoms with Crippen LogP contribution in [0.3, 0.4) is 0 Å². The van der Waals surface area contributed by atoms with Crippen molar-refractivity contribution in [3.63, 3.8) is 0 Å². The number of carbonyl (C=O) groups excluding carboxylic acids is 2. The average molecular weight is 323 g/mol. The summed E-state index contributed by atoms with van der Waals surface area (Å²) in [6, 6.07) is 4.46. The van der Waals surface area contributed by atoms with Gasteiger partial charge < -0.3 is 14.2 Å². The molecule has 1 aromatic rings. The van der Waals surface area contributed by atoms with Gasteiger partial charge in [0.1, 0.15) is 11.0 Å². The van der Waals surface area contributed by atoms with E-state index in [9.17, 15) is 9.59 Å². The Kier molecular flexibility index (Phi) is 6.25. The summed E-state index contributed by atoms with van der Waals surface area (Å²) < 4.78 is 15.6. The number of ether oxygens (including phenoxy) is 3. The standard InChI is InChI=1S/C15H17NO5S/c1-15(2,3)21-13(17)8-20-11-6-5-10(7-12(11)19-4)14(18)22-9-16/h5-7H,8H2,1-4H3. The zero-order valence-electron chi connectivity index (χ0n) is 12.8. The maximum atomic E-state index is 11.6. The van der Waals surface area contributed by atoms with Gasteiger partial charge in [-0.25, -0.2) is 4.79 Å². The Hall–Kier alpha value is -2.20. The number of hydrogen-bond donors (Lipinski definition) is 0. The topological polar surface area (TPSA) is 85.6 Å². The van der Waals surface area contributed by atoms with Crippen LogP contribution in [0.1, 0.15) is 31.1 Å². The van der Waals surface area contributed by atoms with Crippen LogP contribution in [-0.2, 0) is 9.53 Å². The molecule has 118 valence electrons. The predicted octanol–water partition coefficient (Wildman–Crippen LogP) is 2.77. The third-order valence-corrected chi connectivity index (χ3v) is 2.82. The molecule has 0 radical (unpaired) electrons. The second-order valence-corrected chi connectivity index (χ2v) is 5.98. The van der Waals surface area contributed by atoms with Crippen molar-refractivity contribution in [2.75, 3.05) is 13.7 Å². The van der Waals surface area contributed by atoms with Crippen LogP contribution in [-0.4, -0.2) is 30.4 Å². The Morgan fingerprint density at radius 3 is 2.50 bits per heavy atom. The van der Waals surface area contributed by atoms with E-state index in [4.69, 9.17) is 19.5 Å². The molecule has 0 aliphatic heterocycles. The number of nitrogens with zero attached hydrogens (tertiary/aromatic N) is 1. The molecule has 0 unspecified atom stereocenters. The monoisotopic (exact) mass is 323 g/mol. The van der Waals surface area contributed by atoms with E-state index < -0.39 is 11.6 Å². The third-order valence-electron chi connectivity index (χ3n) is 2.30. The molecule has 1 rings (SSSR count). The maximum Gasteiger partial charge on any atom is 0.344 e. The van der Waals surface area contributed by atoms with Gasteiger partial charge in [0.2, 0.25) is 5.12 Å². The summed E-state index contributed by atoms with van der Waals surface area (Å²) in [5, 5.41) is 9.83. The van der Waals surface area contributed by atoms with Gasteiger partial charge in [0.25, 0.3) is 0 Å². The van der Waals surface area contributed by atoms with Crippen molar-refractivity contribution in [1.29, 1.82) is 5.26 Å². The lowest BCUT2D eigenvalue weighted by atomic mass is 10.2. The van der Waals surface area contributed by atoms with Gasteiger partial charge in [0, 0.05) is 17.3 Å². The first kappa shape index (κ1) is 17.9. The summed E-state index contributed by atoms with van der Waals surface area (Å²) in [7, 11) is 1.42. The first-order valence-corrected chi connectivity index (χ1v) is 7.21. The van der Waals surface area contributed by atoms with Gasteiger partial charge in [-0.1, -0.05) is 0 Å². The minimum Gasteiger partial charge on any atom is -0.493 e. The van der Waals surface area contributed by atoms with Crippen LogP contribution < -0.4 is 9.47 Å². The van der Waals surface area contributed by atoms with Crippen molar-refractivity contribution in [3.8, 4) is 16.9 Å². The van der Waals surface area contributed by atoms with Gasteiger partial charge in [-0.2, -0.15) is 5.26 Å². The Balaban J connectivity index is 2.78. The number of thiocyanates is 1. The van der Waals surface area contributed by atoms with Gasteiger partial charge in [-0.15, -0.1) is 0 Å². The molecule has 0 spiro atoms. The molecule has 1 aromatic carbocycles. The van der Waals surface area contributed by atoms with Gasteiger partial charge in [0.15, 0.2) is 18.1 Å². The molecule has 22 heavy (non-hydrogen) atoms. The molecular weight excluding hydrogens is 306 g/mol. The predicted molar refractivity (Wildman–Crippen MR) is 81.9 cm³/mol. The summed E-state index contributed by atoms with van der Waals surface area (Å²) in [5.41, 5.74) is -0.275. The fraction of sp³-hybridized carbons (Fsp3) is 0.400. The SMILES string of the molecule is COc1cc(C(=O)SC#N)ccc1OCC(=O)OC(C)(C)C. The molecule has 0 aliphatic carbocycles. The van der Waals surface area contributed by atoms with Crippen LogP contribution in [0.15, 0.2) is 18.2 Å². The lowest BCUT2D eigenvalue weighted by Crippen LogP contribution is -2.27. The van der Waals surface area contributed by atoms with E-state index in [-0.39, 0.29) is 11.7 Å². The Labute approximate surface area is 133 Å². The zero-order valence-corrected chi connectivity index (χ0v) is 13.7. The lowest BCUT2D eigenvalue weighted by molar-refractivity contribution is -0.157. The van der Waals surface area contributed by atoms with Crippen molar-refractivity contribution in [2.45, 2.75) is 26.4 Å². The molecule has 0 bridgehead atoms. The number of rotatable bonds is 5. The van der Waals surface area contributed by atoms with Crippen LogP contribution in [0.25, 0.3) is 0 Å². The van der Waals surface area contributed by atoms with Gasteiger partial charge >= 0.3 is 5.97 Å². The number of carbonyl (C=O) groups is 2. The van der Waals surface area contributed by atoms with E-state index >= 15 is 0 Å². The summed E-state index contributed by atoms with van der Waals surface area (Å²) in [4.78, 5) is 23.2. The van der Waals surface area contributed by atoms with Crippen molar-refractivity contribution in [1.82, 2.24) is 0 Å². The minimum absolute atomic E-state index is 0.270. The molecule has 6 nitrogen and oxygen atoms in total. The van der Waals surface area contributed by atoms with Crippen molar-refractivity contribution in [3.05, 3.63) is 23.8 Å². The van der Waals surface area contributed by atoms with Crippen LogP contribution >= 0.6 is 11.8 Å². The van der Waals surface area contributed by atoms with E-state index in [2.05, 4.69) is 0 Å². The number of thioether (sulfide) groups is 1. The average Bonchev–Trinajstić information content (AvgIpc) is 2.43. The summed E-state index contributed by atoms with van der Waals surface area (Å²) >= 11 is 0.530. The quantitative estimate of drug-likeness (QED) is 0.608. The molecule has 0 saturated carbocycles. The van der Waals surface area contributed by atoms with Crippen molar-refractivity contribution < 1.29 is 23.8 Å². The summed E-state index contributed by atoms with van der Waals surface area (Å²) in [5.74, 6) is 0.106. The number of nitriles is 1. The first-order chi connectivity index (χ1) is 10.3. The minimum atomic E-state index is -0.588. The molecule has 7 heteroatoms. The zero-order chi connectivity index (χ0) is 16.8. The van der Waals surface area contributed by atoms with Crippen molar-refractivity contribution in [2.24, 2.45) is 0 Å². The van der Waals surface area contributed by atoms with Crippen LogP contribution in [0.2, 0.25) is 0 Å². The lowest BCUT2D eigenvalue weighted by Gasteiger charge is -2.19. The second-order valence-electron chi connectivity index (χ2n) is 5.22. The summed E-state index contributed by atoms with van der Waals surface area (Å²) in [6.07, 6.45) is 0. The fourth-order valence-electron chi connectivity index (χ4n) is 1.52. The molecular formula is C15H17NO5S. The largest absolute Gasteiger partial charge is 0.493 e. The van der Waals surface area contributed by atoms with Gasteiger partial charge in [-0.3, -0.25) is 4.79 Å².